The van der Waals surface area contributed by atoms with Crippen molar-refractivity contribution in [1.82, 2.24) is 20.8 Å². The van der Waals surface area contributed by atoms with Gasteiger partial charge in [-0.25, -0.2) is 0 Å². The van der Waals surface area contributed by atoms with E-state index in [4.69, 9.17) is 9.26 Å². The van der Waals surface area contributed by atoms with E-state index < -0.39 is 5.92 Å². The number of methoxy groups -OCH3 is 1. The Morgan fingerprint density at radius 2 is 2.03 bits per heavy atom. The maximum Gasteiger partial charge on any atom is 0.277 e. The molecule has 0 fully saturated rings. The van der Waals surface area contributed by atoms with Gasteiger partial charge in [-0.05, 0) is 36.8 Å². The number of aryl methyl sites for hydroxylation is 1. The molecule has 4 rings (SSSR count). The van der Waals surface area contributed by atoms with Crippen molar-refractivity contribution in [3.05, 3.63) is 53.8 Å². The van der Waals surface area contributed by atoms with E-state index >= 15 is 0 Å². The normalized spacial score (nSPS) is 16.6. The summed E-state index contributed by atoms with van der Waals surface area (Å²) in [6.07, 6.45) is 6.34. The molecule has 2 amide bonds. The number of benzene rings is 1. The zero-order valence-corrected chi connectivity index (χ0v) is 18.0. The lowest BCUT2D eigenvalue weighted by atomic mass is 10.0. The van der Waals surface area contributed by atoms with E-state index in [0.717, 1.165) is 11.3 Å². The number of ether oxygens (including phenoxy) is 1. The van der Waals surface area contributed by atoms with Crippen LogP contribution >= 0.6 is 0 Å². The number of rotatable bonds is 10. The number of aromatic nitrogens is 2. The van der Waals surface area contributed by atoms with Crippen LogP contribution in [0.25, 0.3) is 11.4 Å². The van der Waals surface area contributed by atoms with Crippen molar-refractivity contribution >= 4 is 18.0 Å². The molecule has 1 atom stereocenters. The number of carbonyl (C=O) groups is 2. The Labute approximate surface area is 189 Å². The minimum atomic E-state index is -0.482. The third-order valence-electron chi connectivity index (χ3n) is 5.01. The Kier molecular flexibility index (Phi) is 6.98. The van der Waals surface area contributed by atoms with Gasteiger partial charge in [0, 0.05) is 37.7 Å². The molecule has 0 spiro atoms. The van der Waals surface area contributed by atoms with Crippen LogP contribution in [-0.2, 0) is 16.0 Å². The third-order valence-corrected chi connectivity index (χ3v) is 5.01. The Bertz CT molecular complexity index is 1130. The van der Waals surface area contributed by atoms with Crippen molar-refractivity contribution in [3.63, 3.8) is 0 Å². The first-order valence-corrected chi connectivity index (χ1v) is 10.5. The minimum Gasteiger partial charge on any atom is -0.497 e. The summed E-state index contributed by atoms with van der Waals surface area (Å²) in [6.45, 7) is 1.03. The van der Waals surface area contributed by atoms with Crippen molar-refractivity contribution in [3.8, 4) is 17.1 Å². The molecule has 11 heteroatoms. The van der Waals surface area contributed by atoms with Crippen LogP contribution in [0.3, 0.4) is 0 Å². The van der Waals surface area contributed by atoms with Crippen LogP contribution < -0.4 is 15.4 Å². The van der Waals surface area contributed by atoms with Crippen molar-refractivity contribution in [2.45, 2.75) is 19.3 Å². The molecule has 2 aromatic rings. The number of hydrogen-bond donors (Lipinski definition) is 2. The van der Waals surface area contributed by atoms with Crippen molar-refractivity contribution < 1.29 is 18.8 Å². The zero-order valence-electron chi connectivity index (χ0n) is 18.0. The van der Waals surface area contributed by atoms with Gasteiger partial charge in [-0.3, -0.25) is 14.6 Å². The second-order valence-electron chi connectivity index (χ2n) is 7.28. The number of dihydropyridines is 1. The van der Waals surface area contributed by atoms with Crippen molar-refractivity contribution in [2.75, 3.05) is 20.2 Å². The van der Waals surface area contributed by atoms with Gasteiger partial charge >= 0.3 is 0 Å². The average molecular weight is 449 g/mol. The first-order chi connectivity index (χ1) is 16.1. The van der Waals surface area contributed by atoms with E-state index in [-0.39, 0.29) is 18.2 Å². The minimum absolute atomic E-state index is 0.105. The molecule has 2 aliphatic rings. The fourth-order valence-corrected chi connectivity index (χ4v) is 3.25. The van der Waals surface area contributed by atoms with Gasteiger partial charge in [-0.2, -0.15) is 4.98 Å². The van der Waals surface area contributed by atoms with Gasteiger partial charge in [-0.15, -0.1) is 10.2 Å². The molecule has 0 radical (unpaired) electrons. The lowest BCUT2D eigenvalue weighted by Gasteiger charge is -2.19. The second kappa shape index (κ2) is 10.4. The summed E-state index contributed by atoms with van der Waals surface area (Å²) in [4.78, 5) is 32.4. The standard InChI is InChI=1S/C22H23N7O4/c1-32-15-7-5-14(6-8-15)20-26-18(33-29-20)10-9-17(30)23-12-3-13-25-21-19-16(4-2-11-24-19)22(31)28-27-21/h2,4-8,11,16,25H,3,9-10,12-13H2,1H3,(H,23,30). The molecule has 11 nitrogen and oxygen atoms in total. The molecule has 2 aliphatic heterocycles. The van der Waals surface area contributed by atoms with E-state index in [2.05, 4.69) is 36.0 Å². The number of nitrogens with one attached hydrogen (secondary N) is 2. The van der Waals surface area contributed by atoms with Crippen LogP contribution in [0.4, 0.5) is 0 Å². The molecular formula is C22H23N7O4. The highest BCUT2D eigenvalue weighted by atomic mass is 16.5. The van der Waals surface area contributed by atoms with Crippen molar-refractivity contribution in [1.29, 1.82) is 0 Å². The Balaban J connectivity index is 1.16. The number of allylic oxidation sites excluding steroid dienone is 1. The average Bonchev–Trinajstić information content (AvgIpc) is 3.33. The Morgan fingerprint density at radius 1 is 1.18 bits per heavy atom. The molecule has 0 bridgehead atoms. The van der Waals surface area contributed by atoms with E-state index in [1.54, 1.807) is 25.5 Å². The van der Waals surface area contributed by atoms with Crippen LogP contribution in [0.5, 0.6) is 5.75 Å². The molecule has 33 heavy (non-hydrogen) atoms. The maximum absolute atomic E-state index is 12.1. The lowest BCUT2D eigenvalue weighted by molar-refractivity contribution is -0.121. The summed E-state index contributed by atoms with van der Waals surface area (Å²) in [5.74, 6) is 1.18. The van der Waals surface area contributed by atoms with Gasteiger partial charge in [0.05, 0.1) is 7.11 Å². The molecule has 3 heterocycles. The Hall–Kier alpha value is -4.15. The SMILES string of the molecule is COc1ccc(-c2noc(CCC(=O)NCCCNC3=C4N=CC=CC4C(=O)N=N3)n2)cc1. The van der Waals surface area contributed by atoms with Gasteiger partial charge in [0.15, 0.2) is 5.82 Å². The van der Waals surface area contributed by atoms with Crippen molar-refractivity contribution in [2.24, 2.45) is 21.1 Å². The zero-order chi connectivity index (χ0) is 23.0. The van der Waals surface area contributed by atoms with Gasteiger partial charge < -0.3 is 19.9 Å². The van der Waals surface area contributed by atoms with Crippen LogP contribution in [-0.4, -0.2) is 48.4 Å². The summed E-state index contributed by atoms with van der Waals surface area (Å²) in [7, 11) is 1.60. The first-order valence-electron chi connectivity index (χ1n) is 10.5. The molecule has 1 unspecified atom stereocenters. The highest BCUT2D eigenvalue weighted by molar-refractivity contribution is 5.88. The number of hydrogen-bond acceptors (Lipinski definition) is 9. The van der Waals surface area contributed by atoms with Gasteiger partial charge in [0.2, 0.25) is 17.6 Å². The van der Waals surface area contributed by atoms with Crippen LogP contribution in [0.1, 0.15) is 18.7 Å². The van der Waals surface area contributed by atoms with Gasteiger partial charge in [-0.1, -0.05) is 11.2 Å². The molecule has 1 aromatic carbocycles. The largest absolute Gasteiger partial charge is 0.497 e. The Morgan fingerprint density at radius 3 is 2.85 bits per heavy atom. The maximum atomic E-state index is 12.1. The number of carbonyl (C=O) groups excluding carboxylic acids is 2. The van der Waals surface area contributed by atoms with E-state index in [1.807, 2.05) is 24.3 Å². The summed E-state index contributed by atoms with van der Waals surface area (Å²) in [5, 5.41) is 17.5. The van der Waals surface area contributed by atoms with E-state index in [0.29, 0.717) is 49.2 Å². The number of nitrogens with zero attached hydrogens (tertiary/aromatic N) is 5. The molecule has 0 saturated carbocycles. The number of fused-ring (bicyclic) bond motifs is 1. The summed E-state index contributed by atoms with van der Waals surface area (Å²) in [5.41, 5.74) is 1.37. The highest BCUT2D eigenvalue weighted by Crippen LogP contribution is 2.26. The molecule has 2 N–H and O–H groups in total. The number of aliphatic imine (C=N–C) groups is 1. The quantitative estimate of drug-likeness (QED) is 0.529. The molecule has 170 valence electrons. The third kappa shape index (κ3) is 5.56. The fourth-order valence-electron chi connectivity index (χ4n) is 3.25. The summed E-state index contributed by atoms with van der Waals surface area (Å²) in [6, 6.07) is 7.32. The monoisotopic (exact) mass is 449 g/mol. The van der Waals surface area contributed by atoms with E-state index in [9.17, 15) is 9.59 Å². The molecular weight excluding hydrogens is 426 g/mol. The predicted molar refractivity (Wildman–Crippen MR) is 118 cm³/mol. The van der Waals surface area contributed by atoms with Gasteiger partial charge in [0.25, 0.3) is 5.91 Å². The summed E-state index contributed by atoms with van der Waals surface area (Å²) >= 11 is 0. The lowest BCUT2D eigenvalue weighted by Crippen LogP contribution is -2.29. The second-order valence-corrected chi connectivity index (χ2v) is 7.28. The molecule has 0 aliphatic carbocycles. The summed E-state index contributed by atoms with van der Waals surface area (Å²) < 4.78 is 10.4. The first kappa shape index (κ1) is 22.1. The van der Waals surface area contributed by atoms with Crippen LogP contribution in [0.15, 0.2) is 67.7 Å². The highest BCUT2D eigenvalue weighted by Gasteiger charge is 2.28. The van der Waals surface area contributed by atoms with Crippen LogP contribution in [0, 0.1) is 5.92 Å². The molecule has 1 aromatic heterocycles. The number of amides is 2. The van der Waals surface area contributed by atoms with E-state index in [1.165, 1.54) is 0 Å². The topological polar surface area (TPSA) is 143 Å². The smallest absolute Gasteiger partial charge is 0.277 e. The van der Waals surface area contributed by atoms with Gasteiger partial charge in [0.1, 0.15) is 17.4 Å². The fraction of sp³-hybridized carbons (Fsp3) is 0.318. The molecule has 0 saturated heterocycles. The van der Waals surface area contributed by atoms with Crippen LogP contribution in [0.2, 0.25) is 0 Å². The number of azo groups is 1. The predicted octanol–water partition coefficient (Wildman–Crippen LogP) is 2.19.